The fourth-order valence-corrected chi connectivity index (χ4v) is 3.20. The number of amides is 1. The quantitative estimate of drug-likeness (QED) is 0.256. The molecule has 13 nitrogen and oxygen atoms in total. The van der Waals surface area contributed by atoms with Gasteiger partial charge < -0.3 is 9.47 Å². The van der Waals surface area contributed by atoms with Gasteiger partial charge in [-0.2, -0.15) is 9.99 Å². The predicted octanol–water partition coefficient (Wildman–Crippen LogP) is 1.81. The van der Waals surface area contributed by atoms with Crippen LogP contribution in [-0.2, 0) is 14.3 Å². The van der Waals surface area contributed by atoms with Crippen LogP contribution in [-0.4, -0.2) is 47.3 Å². The first-order chi connectivity index (χ1) is 15.1. The van der Waals surface area contributed by atoms with Crippen molar-refractivity contribution in [2.75, 3.05) is 0 Å². The minimum Gasteiger partial charge on any atom is -0.443 e. The minimum absolute atomic E-state index is 0.00750. The van der Waals surface area contributed by atoms with Gasteiger partial charge in [-0.25, -0.2) is 9.50 Å². The van der Waals surface area contributed by atoms with Gasteiger partial charge in [0.1, 0.15) is 5.75 Å². The van der Waals surface area contributed by atoms with Gasteiger partial charge in [0.15, 0.2) is 0 Å². The van der Waals surface area contributed by atoms with E-state index in [-0.39, 0.29) is 28.7 Å². The smallest absolute Gasteiger partial charge is 0.308 e. The summed E-state index contributed by atoms with van der Waals surface area (Å²) in [5.74, 6) is -0.872. The molecule has 3 aromatic rings. The second kappa shape index (κ2) is 7.68. The highest BCUT2D eigenvalue weighted by atomic mass is 16.6. The van der Waals surface area contributed by atoms with E-state index in [0.29, 0.717) is 5.78 Å². The zero-order valence-electron chi connectivity index (χ0n) is 17.5. The van der Waals surface area contributed by atoms with Gasteiger partial charge in [0.05, 0.1) is 10.5 Å². The fourth-order valence-electron chi connectivity index (χ4n) is 3.20. The lowest BCUT2D eigenvalue weighted by atomic mass is 10.1. The number of ether oxygens (including phenoxy) is 2. The van der Waals surface area contributed by atoms with Crippen LogP contribution < -0.4 is 4.74 Å². The molecule has 32 heavy (non-hydrogen) atoms. The molecule has 0 saturated heterocycles. The van der Waals surface area contributed by atoms with E-state index in [1.807, 2.05) is 19.9 Å². The van der Waals surface area contributed by atoms with Gasteiger partial charge in [-0.15, -0.1) is 10.2 Å². The minimum atomic E-state index is -1.24. The van der Waals surface area contributed by atoms with Crippen LogP contribution in [0.5, 0.6) is 5.75 Å². The Morgan fingerprint density at radius 3 is 2.59 bits per heavy atom. The van der Waals surface area contributed by atoms with Crippen molar-refractivity contribution >= 4 is 29.2 Å². The highest BCUT2D eigenvalue weighted by Crippen LogP contribution is 2.37. The van der Waals surface area contributed by atoms with Gasteiger partial charge in [0.2, 0.25) is 18.0 Å². The van der Waals surface area contributed by atoms with Gasteiger partial charge in [0.25, 0.3) is 17.4 Å². The molecule has 0 radical (unpaired) electrons. The van der Waals surface area contributed by atoms with Crippen molar-refractivity contribution in [1.29, 1.82) is 0 Å². The molecular formula is C19H17N7O6. The Morgan fingerprint density at radius 1 is 1.19 bits per heavy atom. The Hall–Kier alpha value is -4.42. The standard InChI is InChI=1S/C19H17N7O6/c1-9-7-10(2)24-19(20-9)21-16(22-24)17-23-25(11(3)27)18(32-17)14-8-13(26(29)30)5-6-15(14)31-12(4)28/h5-8,18H,1-4H3. The lowest BCUT2D eigenvalue weighted by molar-refractivity contribution is -0.385. The van der Waals surface area contributed by atoms with Crippen LogP contribution in [0, 0.1) is 24.0 Å². The van der Waals surface area contributed by atoms with Crippen LogP contribution in [0.15, 0.2) is 29.4 Å². The van der Waals surface area contributed by atoms with E-state index in [2.05, 4.69) is 20.2 Å². The fraction of sp³-hybridized carbons (Fsp3) is 0.263. The molecule has 1 aliphatic rings. The molecule has 4 rings (SSSR count). The number of fused-ring (bicyclic) bond motifs is 1. The second-order valence-electron chi connectivity index (χ2n) is 7.00. The number of nitro groups is 1. The van der Waals surface area contributed by atoms with Crippen molar-refractivity contribution in [2.24, 2.45) is 5.10 Å². The molecule has 3 heterocycles. The maximum atomic E-state index is 12.3. The summed E-state index contributed by atoms with van der Waals surface area (Å²) in [5, 5.41) is 20.7. The summed E-state index contributed by atoms with van der Waals surface area (Å²) in [7, 11) is 0. The molecule has 0 fully saturated rings. The van der Waals surface area contributed by atoms with Crippen LogP contribution in [0.2, 0.25) is 0 Å². The third kappa shape index (κ3) is 3.71. The summed E-state index contributed by atoms with van der Waals surface area (Å²) in [6, 6.07) is 5.41. The highest BCUT2D eigenvalue weighted by Gasteiger charge is 2.38. The zero-order chi connectivity index (χ0) is 23.2. The Bertz CT molecular complexity index is 1310. The SMILES string of the molecule is CC(=O)Oc1ccc([N+](=O)[O-])cc1C1OC(c2nc3nc(C)cc(C)n3n2)=NN1C(C)=O. The number of aryl methyl sites for hydroxylation is 2. The number of hydrogen-bond acceptors (Lipinski definition) is 10. The molecular weight excluding hydrogens is 422 g/mol. The highest BCUT2D eigenvalue weighted by molar-refractivity contribution is 5.93. The summed E-state index contributed by atoms with van der Waals surface area (Å²) < 4.78 is 12.5. The van der Waals surface area contributed by atoms with Crippen LogP contribution in [0.25, 0.3) is 5.78 Å². The first kappa shape index (κ1) is 20.8. The van der Waals surface area contributed by atoms with Crippen LogP contribution in [0.4, 0.5) is 5.69 Å². The van der Waals surface area contributed by atoms with E-state index in [0.717, 1.165) is 22.5 Å². The average Bonchev–Trinajstić information content (AvgIpc) is 3.32. The third-order valence-corrected chi connectivity index (χ3v) is 4.50. The molecule has 0 bridgehead atoms. The van der Waals surface area contributed by atoms with Crippen molar-refractivity contribution < 1.29 is 24.0 Å². The van der Waals surface area contributed by atoms with Crippen molar-refractivity contribution in [3.63, 3.8) is 0 Å². The van der Waals surface area contributed by atoms with Crippen molar-refractivity contribution in [1.82, 2.24) is 24.6 Å². The molecule has 0 spiro atoms. The number of hydrogen-bond donors (Lipinski definition) is 0. The van der Waals surface area contributed by atoms with Gasteiger partial charge in [-0.1, -0.05) is 0 Å². The molecule has 0 saturated carbocycles. The number of non-ortho nitro benzene ring substituents is 1. The van der Waals surface area contributed by atoms with Gasteiger partial charge in [-0.3, -0.25) is 19.7 Å². The number of aromatic nitrogens is 4. The third-order valence-electron chi connectivity index (χ3n) is 4.50. The number of nitro benzene ring substituents is 1. The van der Waals surface area contributed by atoms with E-state index in [1.165, 1.54) is 30.5 Å². The molecule has 1 unspecified atom stereocenters. The number of hydrazone groups is 1. The van der Waals surface area contributed by atoms with Crippen LogP contribution in [0.3, 0.4) is 0 Å². The molecule has 1 aliphatic heterocycles. The zero-order valence-corrected chi connectivity index (χ0v) is 17.5. The summed E-state index contributed by atoms with van der Waals surface area (Å²) in [6.07, 6.45) is -1.24. The van der Waals surface area contributed by atoms with Crippen molar-refractivity contribution in [2.45, 2.75) is 33.9 Å². The number of rotatable bonds is 4. The second-order valence-corrected chi connectivity index (χ2v) is 7.00. The number of carbonyl (C=O) groups excluding carboxylic acids is 2. The van der Waals surface area contributed by atoms with E-state index in [1.54, 1.807) is 0 Å². The Balaban J connectivity index is 1.78. The van der Waals surface area contributed by atoms with Crippen molar-refractivity contribution in [3.8, 4) is 5.75 Å². The van der Waals surface area contributed by atoms with E-state index < -0.39 is 23.0 Å². The van der Waals surface area contributed by atoms with E-state index in [9.17, 15) is 19.7 Å². The predicted molar refractivity (Wildman–Crippen MR) is 108 cm³/mol. The number of esters is 1. The van der Waals surface area contributed by atoms with E-state index >= 15 is 0 Å². The molecule has 13 heteroatoms. The van der Waals surface area contributed by atoms with Gasteiger partial charge in [-0.05, 0) is 26.0 Å². The van der Waals surface area contributed by atoms with Gasteiger partial charge >= 0.3 is 5.97 Å². The lowest BCUT2D eigenvalue weighted by Crippen LogP contribution is -2.26. The maximum Gasteiger partial charge on any atom is 0.308 e. The summed E-state index contributed by atoms with van der Waals surface area (Å²) >= 11 is 0. The Morgan fingerprint density at radius 2 is 1.94 bits per heavy atom. The van der Waals surface area contributed by atoms with Crippen molar-refractivity contribution in [3.05, 3.63) is 57.2 Å². The Labute approximate surface area is 180 Å². The summed E-state index contributed by atoms with van der Waals surface area (Å²) in [4.78, 5) is 43.1. The van der Waals surface area contributed by atoms with Crippen LogP contribution in [0.1, 0.15) is 42.9 Å². The number of carbonyl (C=O) groups is 2. The molecule has 0 aliphatic carbocycles. The van der Waals surface area contributed by atoms with Gasteiger partial charge in [0, 0.05) is 37.4 Å². The topological polar surface area (TPSA) is 154 Å². The van der Waals surface area contributed by atoms with E-state index in [4.69, 9.17) is 9.47 Å². The molecule has 0 N–H and O–H groups in total. The van der Waals surface area contributed by atoms with Crippen LogP contribution >= 0.6 is 0 Å². The summed E-state index contributed by atoms with van der Waals surface area (Å²) in [5.41, 5.74) is 1.31. The molecule has 1 aromatic carbocycles. The first-order valence-corrected chi connectivity index (χ1v) is 9.37. The number of benzene rings is 1. The average molecular weight is 439 g/mol. The summed E-state index contributed by atoms with van der Waals surface area (Å²) in [6.45, 7) is 6.08. The molecule has 164 valence electrons. The largest absolute Gasteiger partial charge is 0.443 e. The molecule has 1 atom stereocenters. The lowest BCUT2D eigenvalue weighted by Gasteiger charge is -2.20. The molecule has 2 aromatic heterocycles. The monoisotopic (exact) mass is 439 g/mol. The first-order valence-electron chi connectivity index (χ1n) is 9.37. The Kier molecular flexibility index (Phi) is 5.00. The normalized spacial score (nSPS) is 15.4. The molecule has 1 amide bonds. The number of nitrogens with zero attached hydrogens (tertiary/aromatic N) is 7. The maximum absolute atomic E-state index is 12.3.